The molecule has 68 valence electrons. The number of hydrogen-bond acceptors (Lipinski definition) is 1. The molecule has 0 saturated carbocycles. The van der Waals surface area contributed by atoms with Gasteiger partial charge < -0.3 is 0 Å². The molecule has 0 fully saturated rings. The lowest BCUT2D eigenvalue weighted by Crippen LogP contribution is -1.97. The largest absolute Gasteiger partial charge is 0.294 e. The highest BCUT2D eigenvalue weighted by Gasteiger charge is 2.03. The van der Waals surface area contributed by atoms with Crippen LogP contribution in [0.2, 0.25) is 0 Å². The van der Waals surface area contributed by atoms with Crippen LogP contribution >= 0.6 is 15.9 Å². The Kier molecular flexibility index (Phi) is 3.90. The van der Waals surface area contributed by atoms with Crippen molar-refractivity contribution in [3.05, 3.63) is 47.0 Å². The average molecular weight is 239 g/mol. The average Bonchev–Trinajstić information content (AvgIpc) is 2.14. The van der Waals surface area contributed by atoms with Crippen LogP contribution in [-0.4, -0.2) is 5.78 Å². The minimum Gasteiger partial charge on any atom is -0.294 e. The van der Waals surface area contributed by atoms with Gasteiger partial charge in [-0.05, 0) is 18.6 Å². The highest BCUT2D eigenvalue weighted by molar-refractivity contribution is 9.10. The summed E-state index contributed by atoms with van der Waals surface area (Å²) in [5, 5.41) is 0. The Morgan fingerprint density at radius 3 is 2.92 bits per heavy atom. The molecule has 1 rings (SSSR count). The molecule has 1 aromatic carbocycles. The molecule has 0 aliphatic rings. The number of halogens is 1. The summed E-state index contributed by atoms with van der Waals surface area (Å²) in [6.45, 7) is 3.58. The number of benzene rings is 1. The number of allylic oxidation sites excluding steroid dienone is 1. The van der Waals surface area contributed by atoms with Crippen molar-refractivity contribution in [1.29, 1.82) is 0 Å². The molecule has 2 heteroatoms. The van der Waals surface area contributed by atoms with Crippen LogP contribution < -0.4 is 0 Å². The summed E-state index contributed by atoms with van der Waals surface area (Å²) in [5.74, 6) is 0.168. The summed E-state index contributed by atoms with van der Waals surface area (Å²) in [5.41, 5.74) is 0.760. The first-order chi connectivity index (χ1) is 6.24. The number of carbonyl (C=O) groups excluding carboxylic acids is 1. The molecule has 0 bridgehead atoms. The van der Waals surface area contributed by atoms with Gasteiger partial charge in [-0.3, -0.25) is 4.79 Å². The molecular formula is C11H11BrO. The summed E-state index contributed by atoms with van der Waals surface area (Å²) in [6.07, 6.45) is 3.04. The van der Waals surface area contributed by atoms with Crippen molar-refractivity contribution < 1.29 is 4.79 Å². The van der Waals surface area contributed by atoms with Gasteiger partial charge in [0.25, 0.3) is 0 Å². The number of ketones is 1. The second-order valence-electron chi connectivity index (χ2n) is 2.76. The molecule has 0 unspecified atom stereocenters. The molecule has 0 N–H and O–H groups in total. The second-order valence-corrected chi connectivity index (χ2v) is 3.68. The van der Waals surface area contributed by atoms with Crippen LogP contribution in [-0.2, 0) is 0 Å². The van der Waals surface area contributed by atoms with Crippen molar-refractivity contribution in [2.75, 3.05) is 0 Å². The lowest BCUT2D eigenvalue weighted by atomic mass is 10.1. The third-order valence-corrected chi connectivity index (χ3v) is 2.22. The van der Waals surface area contributed by atoms with Crippen LogP contribution in [0.25, 0.3) is 0 Å². The van der Waals surface area contributed by atoms with Crippen LogP contribution in [0.1, 0.15) is 23.2 Å². The first-order valence-corrected chi connectivity index (χ1v) is 4.93. The number of Topliss-reactive ketones (excluding diaryl/α,β-unsaturated/α-hetero) is 1. The molecule has 1 aromatic rings. The molecule has 0 saturated heterocycles. The Morgan fingerprint density at radius 2 is 2.31 bits per heavy atom. The summed E-state index contributed by atoms with van der Waals surface area (Å²) >= 11 is 3.33. The highest BCUT2D eigenvalue weighted by Crippen LogP contribution is 2.13. The third-order valence-electron chi connectivity index (χ3n) is 1.72. The fraction of sp³-hybridized carbons (Fsp3) is 0.182. The maximum atomic E-state index is 11.5. The fourth-order valence-electron chi connectivity index (χ4n) is 1.04. The summed E-state index contributed by atoms with van der Waals surface area (Å²) in [4.78, 5) is 11.5. The van der Waals surface area contributed by atoms with E-state index in [9.17, 15) is 4.79 Å². The van der Waals surface area contributed by atoms with E-state index in [0.717, 1.165) is 16.5 Å². The van der Waals surface area contributed by atoms with E-state index in [1.54, 1.807) is 6.08 Å². The van der Waals surface area contributed by atoms with E-state index >= 15 is 0 Å². The Morgan fingerprint density at radius 1 is 1.54 bits per heavy atom. The normalized spacial score (nSPS) is 9.62. The van der Waals surface area contributed by atoms with Crippen molar-refractivity contribution in [1.82, 2.24) is 0 Å². The SMILES string of the molecule is C=CCCC(=O)c1cccc(Br)c1. The van der Waals surface area contributed by atoms with Crippen molar-refractivity contribution >= 4 is 21.7 Å². The van der Waals surface area contributed by atoms with Gasteiger partial charge in [0.2, 0.25) is 0 Å². The summed E-state index contributed by atoms with van der Waals surface area (Å²) in [7, 11) is 0. The minimum atomic E-state index is 0.168. The smallest absolute Gasteiger partial charge is 0.163 e. The lowest BCUT2D eigenvalue weighted by molar-refractivity contribution is 0.0983. The van der Waals surface area contributed by atoms with E-state index < -0.39 is 0 Å². The van der Waals surface area contributed by atoms with Gasteiger partial charge >= 0.3 is 0 Å². The molecule has 1 nitrogen and oxygen atoms in total. The van der Waals surface area contributed by atoms with E-state index in [1.807, 2.05) is 24.3 Å². The van der Waals surface area contributed by atoms with Crippen LogP contribution in [0, 0.1) is 0 Å². The molecule has 0 aliphatic carbocycles. The third kappa shape index (κ3) is 3.15. The van der Waals surface area contributed by atoms with Crippen LogP contribution in [0.15, 0.2) is 41.4 Å². The lowest BCUT2D eigenvalue weighted by Gasteiger charge is -1.98. The quantitative estimate of drug-likeness (QED) is 0.579. The number of hydrogen-bond donors (Lipinski definition) is 0. The topological polar surface area (TPSA) is 17.1 Å². The summed E-state index contributed by atoms with van der Waals surface area (Å²) < 4.78 is 0.942. The molecule has 0 atom stereocenters. The summed E-state index contributed by atoms with van der Waals surface area (Å²) in [6, 6.07) is 7.44. The Labute approximate surface area is 86.6 Å². The van der Waals surface area contributed by atoms with Crippen LogP contribution in [0.3, 0.4) is 0 Å². The van der Waals surface area contributed by atoms with Gasteiger partial charge in [0.15, 0.2) is 5.78 Å². The zero-order valence-electron chi connectivity index (χ0n) is 7.29. The highest BCUT2D eigenvalue weighted by atomic mass is 79.9. The Hall–Kier alpha value is -0.890. The van der Waals surface area contributed by atoms with Gasteiger partial charge in [0.1, 0.15) is 0 Å². The monoisotopic (exact) mass is 238 g/mol. The van der Waals surface area contributed by atoms with Gasteiger partial charge in [0.05, 0.1) is 0 Å². The number of carbonyl (C=O) groups is 1. The first-order valence-electron chi connectivity index (χ1n) is 4.13. The van der Waals surface area contributed by atoms with Crippen molar-refractivity contribution in [2.24, 2.45) is 0 Å². The minimum absolute atomic E-state index is 0.168. The molecule has 13 heavy (non-hydrogen) atoms. The molecule has 0 amide bonds. The Balaban J connectivity index is 2.71. The van der Waals surface area contributed by atoms with E-state index in [2.05, 4.69) is 22.5 Å². The van der Waals surface area contributed by atoms with Gasteiger partial charge in [-0.15, -0.1) is 6.58 Å². The van der Waals surface area contributed by atoms with Gasteiger partial charge in [-0.2, -0.15) is 0 Å². The number of rotatable bonds is 4. The molecule has 0 spiro atoms. The molecule has 0 radical (unpaired) electrons. The molecular weight excluding hydrogens is 228 g/mol. The van der Waals surface area contributed by atoms with Crippen LogP contribution in [0.4, 0.5) is 0 Å². The van der Waals surface area contributed by atoms with E-state index in [1.165, 1.54) is 0 Å². The predicted octanol–water partition coefficient (Wildman–Crippen LogP) is 3.60. The van der Waals surface area contributed by atoms with Crippen LogP contribution in [0.5, 0.6) is 0 Å². The maximum Gasteiger partial charge on any atom is 0.163 e. The van der Waals surface area contributed by atoms with E-state index in [4.69, 9.17) is 0 Å². The second kappa shape index (κ2) is 4.97. The first kappa shape index (κ1) is 10.2. The van der Waals surface area contributed by atoms with Crippen molar-refractivity contribution in [3.63, 3.8) is 0 Å². The Bertz CT molecular complexity index is 318. The predicted molar refractivity (Wildman–Crippen MR) is 57.9 cm³/mol. The van der Waals surface area contributed by atoms with E-state index in [0.29, 0.717) is 6.42 Å². The standard InChI is InChI=1S/C11H11BrO/c1-2-3-7-11(13)9-5-4-6-10(12)8-9/h2,4-6,8H,1,3,7H2. The van der Waals surface area contributed by atoms with E-state index in [-0.39, 0.29) is 5.78 Å². The van der Waals surface area contributed by atoms with Crippen molar-refractivity contribution in [2.45, 2.75) is 12.8 Å². The zero-order valence-corrected chi connectivity index (χ0v) is 8.88. The van der Waals surface area contributed by atoms with Gasteiger partial charge in [-0.25, -0.2) is 0 Å². The van der Waals surface area contributed by atoms with Crippen molar-refractivity contribution in [3.8, 4) is 0 Å². The fourth-order valence-corrected chi connectivity index (χ4v) is 1.44. The maximum absolute atomic E-state index is 11.5. The molecule has 0 aliphatic heterocycles. The van der Waals surface area contributed by atoms with Gasteiger partial charge in [0, 0.05) is 16.5 Å². The van der Waals surface area contributed by atoms with Gasteiger partial charge in [-0.1, -0.05) is 34.1 Å². The molecule has 0 aromatic heterocycles. The molecule has 0 heterocycles. The zero-order chi connectivity index (χ0) is 9.68.